The lowest BCUT2D eigenvalue weighted by molar-refractivity contribution is 0.133. The van der Waals surface area contributed by atoms with Crippen molar-refractivity contribution < 1.29 is 4.74 Å². The van der Waals surface area contributed by atoms with Crippen LogP contribution in [0.15, 0.2) is 12.1 Å². The number of hydrogen-bond donors (Lipinski definition) is 1. The molecule has 0 amide bonds. The number of nitrogens with one attached hydrogen (secondary N) is 1. The van der Waals surface area contributed by atoms with Crippen molar-refractivity contribution in [3.8, 4) is 5.75 Å². The summed E-state index contributed by atoms with van der Waals surface area (Å²) in [6.45, 7) is 13.8. The highest BCUT2D eigenvalue weighted by Crippen LogP contribution is 2.40. The second-order valence-corrected chi connectivity index (χ2v) is 11.0. The van der Waals surface area contributed by atoms with Gasteiger partial charge in [-0.05, 0) is 68.3 Å². The van der Waals surface area contributed by atoms with Crippen LogP contribution in [0.5, 0.6) is 5.75 Å². The normalized spacial score (nSPS) is 23.9. The standard InChI is InChI=1S/C25H44N2O/c1-24(2,3)19-15-18(23(28-10)20(16-19)25(4,5)6)14-17-12-11-13-21(27(8)9)22(17)26-7/h15-17,21-22,26H,11-14H2,1-10H3. The number of nitrogens with zero attached hydrogens (tertiary/aromatic N) is 1. The molecule has 0 heterocycles. The molecule has 28 heavy (non-hydrogen) atoms. The van der Waals surface area contributed by atoms with E-state index in [4.69, 9.17) is 4.74 Å². The van der Waals surface area contributed by atoms with E-state index in [1.807, 2.05) is 7.11 Å². The van der Waals surface area contributed by atoms with Gasteiger partial charge in [0.2, 0.25) is 0 Å². The van der Waals surface area contributed by atoms with Gasteiger partial charge in [0.05, 0.1) is 7.11 Å². The molecule has 1 N–H and O–H groups in total. The Balaban J connectivity index is 2.51. The Morgan fingerprint density at radius 3 is 2.14 bits per heavy atom. The Bertz CT molecular complexity index is 652. The van der Waals surface area contributed by atoms with E-state index < -0.39 is 0 Å². The zero-order valence-electron chi connectivity index (χ0n) is 20.1. The predicted molar refractivity (Wildman–Crippen MR) is 122 cm³/mol. The summed E-state index contributed by atoms with van der Waals surface area (Å²) in [4.78, 5) is 2.40. The summed E-state index contributed by atoms with van der Waals surface area (Å²) in [6.07, 6.45) is 4.94. The number of rotatable bonds is 5. The first-order chi connectivity index (χ1) is 12.9. The molecule has 160 valence electrons. The van der Waals surface area contributed by atoms with Crippen molar-refractivity contribution in [1.82, 2.24) is 10.2 Å². The van der Waals surface area contributed by atoms with Gasteiger partial charge in [0.15, 0.2) is 0 Å². The largest absolute Gasteiger partial charge is 0.496 e. The fraction of sp³-hybridized carbons (Fsp3) is 0.760. The molecule has 1 aliphatic rings. The van der Waals surface area contributed by atoms with Crippen LogP contribution < -0.4 is 10.1 Å². The molecule has 0 aliphatic heterocycles. The number of likely N-dealkylation sites (N-methyl/N-ethyl adjacent to an activating group) is 2. The molecule has 1 fully saturated rings. The summed E-state index contributed by atoms with van der Waals surface area (Å²) in [6, 6.07) is 5.91. The monoisotopic (exact) mass is 388 g/mol. The Morgan fingerprint density at radius 2 is 1.68 bits per heavy atom. The molecule has 1 aliphatic carbocycles. The maximum atomic E-state index is 6.02. The van der Waals surface area contributed by atoms with E-state index in [0.29, 0.717) is 18.0 Å². The molecular formula is C25H44N2O. The van der Waals surface area contributed by atoms with Gasteiger partial charge >= 0.3 is 0 Å². The second-order valence-electron chi connectivity index (χ2n) is 11.0. The molecular weight excluding hydrogens is 344 g/mol. The van der Waals surface area contributed by atoms with Gasteiger partial charge in [-0.3, -0.25) is 0 Å². The van der Waals surface area contributed by atoms with Crippen molar-refractivity contribution in [3.63, 3.8) is 0 Å². The van der Waals surface area contributed by atoms with Gasteiger partial charge in [-0.25, -0.2) is 0 Å². The van der Waals surface area contributed by atoms with Gasteiger partial charge in [0, 0.05) is 17.6 Å². The van der Waals surface area contributed by atoms with Crippen molar-refractivity contribution in [2.24, 2.45) is 5.92 Å². The van der Waals surface area contributed by atoms with Crippen LogP contribution in [0, 0.1) is 5.92 Å². The Kier molecular flexibility index (Phi) is 7.26. The van der Waals surface area contributed by atoms with Crippen LogP contribution in [0.3, 0.4) is 0 Å². The summed E-state index contributed by atoms with van der Waals surface area (Å²) < 4.78 is 6.02. The minimum absolute atomic E-state index is 0.0580. The van der Waals surface area contributed by atoms with E-state index >= 15 is 0 Å². The lowest BCUT2D eigenvalue weighted by Gasteiger charge is -2.42. The van der Waals surface area contributed by atoms with E-state index in [0.717, 1.165) is 12.2 Å². The van der Waals surface area contributed by atoms with E-state index in [1.54, 1.807) is 0 Å². The van der Waals surface area contributed by atoms with Gasteiger partial charge in [-0.15, -0.1) is 0 Å². The average molecular weight is 389 g/mol. The topological polar surface area (TPSA) is 24.5 Å². The fourth-order valence-corrected chi connectivity index (χ4v) is 4.85. The molecule has 1 aromatic rings. The summed E-state index contributed by atoms with van der Waals surface area (Å²) in [5.74, 6) is 1.73. The van der Waals surface area contributed by atoms with Gasteiger partial charge in [0.1, 0.15) is 5.75 Å². The zero-order valence-corrected chi connectivity index (χ0v) is 20.1. The average Bonchev–Trinajstić information content (AvgIpc) is 2.59. The lowest BCUT2D eigenvalue weighted by atomic mass is 9.74. The van der Waals surface area contributed by atoms with E-state index in [1.165, 1.54) is 36.0 Å². The van der Waals surface area contributed by atoms with Crippen molar-refractivity contribution in [1.29, 1.82) is 0 Å². The third-order valence-corrected chi connectivity index (χ3v) is 6.52. The molecule has 2 rings (SSSR count). The maximum Gasteiger partial charge on any atom is 0.125 e. The van der Waals surface area contributed by atoms with Crippen molar-refractivity contribution >= 4 is 0 Å². The first-order valence-electron chi connectivity index (χ1n) is 11.0. The molecule has 3 unspecified atom stereocenters. The van der Waals surface area contributed by atoms with Crippen LogP contribution in [0.25, 0.3) is 0 Å². The van der Waals surface area contributed by atoms with Gasteiger partial charge in [0.25, 0.3) is 0 Å². The number of hydrogen-bond acceptors (Lipinski definition) is 3. The van der Waals surface area contributed by atoms with Gasteiger partial charge < -0.3 is 15.0 Å². The SMILES string of the molecule is CNC1C(Cc2cc(C(C)(C)C)cc(C(C)(C)C)c2OC)CCCC1N(C)C. The number of methoxy groups -OCH3 is 1. The van der Waals surface area contributed by atoms with Crippen LogP contribution in [0.4, 0.5) is 0 Å². The Morgan fingerprint density at radius 1 is 1.04 bits per heavy atom. The Labute approximate surface area is 174 Å². The third-order valence-electron chi connectivity index (χ3n) is 6.52. The molecule has 0 spiro atoms. The first-order valence-corrected chi connectivity index (χ1v) is 11.0. The highest BCUT2D eigenvalue weighted by Gasteiger charge is 2.35. The summed E-state index contributed by atoms with van der Waals surface area (Å²) in [7, 11) is 8.40. The highest BCUT2D eigenvalue weighted by atomic mass is 16.5. The van der Waals surface area contributed by atoms with Crippen molar-refractivity contribution in [2.45, 2.75) is 90.1 Å². The van der Waals surface area contributed by atoms with Crippen LogP contribution in [-0.2, 0) is 17.3 Å². The molecule has 0 aromatic heterocycles. The van der Waals surface area contributed by atoms with E-state index in [-0.39, 0.29) is 10.8 Å². The molecule has 1 saturated carbocycles. The third kappa shape index (κ3) is 5.10. The lowest BCUT2D eigenvalue weighted by Crippen LogP contribution is -2.53. The van der Waals surface area contributed by atoms with Crippen LogP contribution in [0.1, 0.15) is 77.5 Å². The maximum absolute atomic E-state index is 6.02. The minimum atomic E-state index is 0.0580. The molecule has 3 nitrogen and oxygen atoms in total. The Hall–Kier alpha value is -1.06. The van der Waals surface area contributed by atoms with Crippen LogP contribution >= 0.6 is 0 Å². The number of benzene rings is 1. The molecule has 0 radical (unpaired) electrons. The highest BCUT2D eigenvalue weighted by molar-refractivity contribution is 5.50. The van der Waals surface area contributed by atoms with Crippen LogP contribution in [0.2, 0.25) is 0 Å². The quantitative estimate of drug-likeness (QED) is 0.755. The predicted octanol–water partition coefficient (Wildman–Crippen LogP) is 5.15. The first kappa shape index (κ1) is 23.2. The summed E-state index contributed by atoms with van der Waals surface area (Å²) >= 11 is 0. The van der Waals surface area contributed by atoms with Gasteiger partial charge in [-0.2, -0.15) is 0 Å². The van der Waals surface area contributed by atoms with Crippen LogP contribution in [-0.4, -0.2) is 45.2 Å². The number of ether oxygens (including phenoxy) is 1. The van der Waals surface area contributed by atoms with Crippen molar-refractivity contribution in [3.05, 3.63) is 28.8 Å². The minimum Gasteiger partial charge on any atom is -0.496 e. The molecule has 0 bridgehead atoms. The fourth-order valence-electron chi connectivity index (χ4n) is 4.85. The summed E-state index contributed by atoms with van der Waals surface area (Å²) in [5.41, 5.74) is 4.31. The van der Waals surface area contributed by atoms with Gasteiger partial charge in [-0.1, -0.05) is 60.1 Å². The smallest absolute Gasteiger partial charge is 0.125 e. The molecule has 1 aromatic carbocycles. The molecule has 3 heteroatoms. The van der Waals surface area contributed by atoms with E-state index in [2.05, 4.69) is 85.0 Å². The molecule has 3 atom stereocenters. The second kappa shape index (κ2) is 8.75. The zero-order chi connectivity index (χ0) is 21.3. The van der Waals surface area contributed by atoms with E-state index in [9.17, 15) is 0 Å². The van der Waals surface area contributed by atoms with Crippen molar-refractivity contribution in [2.75, 3.05) is 28.3 Å². The molecule has 0 saturated heterocycles. The summed E-state index contributed by atoms with van der Waals surface area (Å²) in [5, 5.41) is 3.65.